The fourth-order valence-electron chi connectivity index (χ4n) is 4.55. The van der Waals surface area contributed by atoms with Gasteiger partial charge in [0.1, 0.15) is 0 Å². The minimum absolute atomic E-state index is 0.143. The summed E-state index contributed by atoms with van der Waals surface area (Å²) >= 11 is 0. The average molecular weight is 394 g/mol. The summed E-state index contributed by atoms with van der Waals surface area (Å²) in [4.78, 5) is 31.3. The molecule has 0 radical (unpaired) electrons. The molecule has 1 atom stereocenters. The second kappa shape index (κ2) is 7.51. The number of aromatic nitrogens is 3. The Morgan fingerprint density at radius 2 is 2.00 bits per heavy atom. The third kappa shape index (κ3) is 3.27. The molecule has 8 nitrogen and oxygen atoms in total. The van der Waals surface area contributed by atoms with Crippen LogP contribution in [0.15, 0.2) is 30.7 Å². The monoisotopic (exact) mass is 394 g/mol. The van der Waals surface area contributed by atoms with Crippen molar-refractivity contribution in [1.29, 1.82) is 0 Å². The Kier molecular flexibility index (Phi) is 4.71. The molecule has 0 aromatic carbocycles. The van der Waals surface area contributed by atoms with Gasteiger partial charge in [-0.1, -0.05) is 0 Å². The van der Waals surface area contributed by atoms with Crippen LogP contribution >= 0.6 is 0 Å². The van der Waals surface area contributed by atoms with Gasteiger partial charge in [-0.3, -0.25) is 0 Å². The van der Waals surface area contributed by atoms with Gasteiger partial charge in [-0.05, 0) is 25.0 Å². The van der Waals surface area contributed by atoms with Crippen LogP contribution in [0.3, 0.4) is 0 Å². The van der Waals surface area contributed by atoms with Crippen molar-refractivity contribution in [3.63, 3.8) is 0 Å². The molecule has 2 aliphatic rings. The van der Waals surface area contributed by atoms with Gasteiger partial charge in [0.15, 0.2) is 5.65 Å². The first-order valence-corrected chi connectivity index (χ1v) is 10.3. The third-order valence-corrected chi connectivity index (χ3v) is 6.14. The van der Waals surface area contributed by atoms with E-state index in [0.717, 1.165) is 67.5 Å². The van der Waals surface area contributed by atoms with Crippen LogP contribution in [0.2, 0.25) is 0 Å². The van der Waals surface area contributed by atoms with E-state index < -0.39 is 0 Å². The summed E-state index contributed by atoms with van der Waals surface area (Å²) in [7, 11) is 1.73. The van der Waals surface area contributed by atoms with Gasteiger partial charge < -0.3 is 24.4 Å². The van der Waals surface area contributed by atoms with Crippen molar-refractivity contribution in [1.82, 2.24) is 24.8 Å². The summed E-state index contributed by atoms with van der Waals surface area (Å²) in [6, 6.07) is 4.27. The molecule has 3 aromatic heterocycles. The lowest BCUT2D eigenvalue weighted by Crippen LogP contribution is -2.55. The molecule has 0 saturated carbocycles. The van der Waals surface area contributed by atoms with Crippen molar-refractivity contribution in [3.05, 3.63) is 30.7 Å². The molecular weight excluding hydrogens is 368 g/mol. The van der Waals surface area contributed by atoms with E-state index in [9.17, 15) is 4.79 Å². The van der Waals surface area contributed by atoms with Crippen molar-refractivity contribution >= 4 is 33.7 Å². The molecule has 5 rings (SSSR count). The summed E-state index contributed by atoms with van der Waals surface area (Å²) in [5, 5.41) is 2.21. The number of carbonyl (C=O) groups excluding carboxylic acids is 1. The van der Waals surface area contributed by atoms with E-state index in [1.165, 1.54) is 5.69 Å². The zero-order chi connectivity index (χ0) is 19.8. The second-order valence-electron chi connectivity index (χ2n) is 7.79. The first-order valence-electron chi connectivity index (χ1n) is 10.3. The lowest BCUT2D eigenvalue weighted by atomic mass is 10.1. The molecule has 2 amide bonds. The highest BCUT2D eigenvalue weighted by Gasteiger charge is 2.29. The lowest BCUT2D eigenvalue weighted by molar-refractivity contribution is 0.0360. The molecule has 2 fully saturated rings. The third-order valence-electron chi connectivity index (χ3n) is 6.14. The zero-order valence-corrected chi connectivity index (χ0v) is 16.7. The van der Waals surface area contributed by atoms with Crippen molar-refractivity contribution in [2.75, 3.05) is 51.3 Å². The molecule has 0 bridgehead atoms. The van der Waals surface area contributed by atoms with Crippen molar-refractivity contribution in [2.45, 2.75) is 18.9 Å². The van der Waals surface area contributed by atoms with Crippen LogP contribution in [0.1, 0.15) is 12.8 Å². The van der Waals surface area contributed by atoms with E-state index in [1.807, 2.05) is 28.3 Å². The lowest BCUT2D eigenvalue weighted by Gasteiger charge is -2.40. The van der Waals surface area contributed by atoms with Crippen molar-refractivity contribution in [3.8, 4) is 0 Å². The normalized spacial score (nSPS) is 20.6. The number of fused-ring (bicyclic) bond motifs is 3. The molecule has 152 valence electrons. The number of ether oxygens (including phenoxy) is 1. The number of likely N-dealkylation sites (tertiary alicyclic amines) is 1. The topological polar surface area (TPSA) is 77.6 Å². The van der Waals surface area contributed by atoms with Crippen molar-refractivity contribution in [2.24, 2.45) is 0 Å². The maximum atomic E-state index is 13.0. The highest BCUT2D eigenvalue weighted by atomic mass is 16.5. The Balaban J connectivity index is 1.33. The van der Waals surface area contributed by atoms with E-state index in [4.69, 9.17) is 4.74 Å². The number of H-pyrrole nitrogens is 1. The maximum Gasteiger partial charge on any atom is 0.320 e. The number of carbonyl (C=O) groups is 1. The van der Waals surface area contributed by atoms with Crippen LogP contribution in [0.5, 0.6) is 0 Å². The van der Waals surface area contributed by atoms with E-state index in [-0.39, 0.29) is 12.1 Å². The van der Waals surface area contributed by atoms with Crippen LogP contribution in [0, 0.1) is 0 Å². The Morgan fingerprint density at radius 1 is 1.14 bits per heavy atom. The number of amides is 2. The number of urea groups is 1. The SMILES string of the molecule is COC1CCCN(C(=O)N2CCN(c3cc[nH]c4cnc5nccc5c34)CC2)C1. The van der Waals surface area contributed by atoms with E-state index in [2.05, 4.69) is 25.9 Å². The predicted molar refractivity (Wildman–Crippen MR) is 112 cm³/mol. The van der Waals surface area contributed by atoms with Gasteiger partial charge in [0.2, 0.25) is 0 Å². The number of methoxy groups -OCH3 is 1. The van der Waals surface area contributed by atoms with Gasteiger partial charge in [-0.15, -0.1) is 0 Å². The number of hydrogen-bond acceptors (Lipinski definition) is 5. The molecular formula is C21H26N6O2. The highest BCUT2D eigenvalue weighted by Crippen LogP contribution is 2.31. The Morgan fingerprint density at radius 3 is 2.83 bits per heavy atom. The van der Waals surface area contributed by atoms with Gasteiger partial charge in [-0.25, -0.2) is 14.8 Å². The van der Waals surface area contributed by atoms with Crippen LogP contribution < -0.4 is 4.90 Å². The molecule has 5 heterocycles. The van der Waals surface area contributed by atoms with E-state index in [0.29, 0.717) is 6.54 Å². The highest BCUT2D eigenvalue weighted by molar-refractivity contribution is 6.10. The number of aromatic amines is 1. The van der Waals surface area contributed by atoms with Gasteiger partial charge >= 0.3 is 6.03 Å². The number of piperidine rings is 1. The molecule has 0 spiro atoms. The van der Waals surface area contributed by atoms with Crippen LogP contribution in [-0.4, -0.2) is 83.3 Å². The molecule has 3 aromatic rings. The van der Waals surface area contributed by atoms with E-state index in [1.54, 1.807) is 13.3 Å². The summed E-state index contributed by atoms with van der Waals surface area (Å²) < 4.78 is 5.47. The zero-order valence-electron chi connectivity index (χ0n) is 16.7. The number of anilines is 1. The first kappa shape index (κ1) is 18.2. The van der Waals surface area contributed by atoms with Crippen molar-refractivity contribution < 1.29 is 9.53 Å². The summed E-state index contributed by atoms with van der Waals surface area (Å²) in [6.07, 6.45) is 7.81. The minimum Gasteiger partial charge on any atom is -0.380 e. The number of hydrogen-bond donors (Lipinski definition) is 1. The quantitative estimate of drug-likeness (QED) is 0.723. The predicted octanol–water partition coefficient (Wildman–Crippen LogP) is 2.46. The summed E-state index contributed by atoms with van der Waals surface area (Å²) in [5.74, 6) is 0. The van der Waals surface area contributed by atoms with Crippen LogP contribution in [-0.2, 0) is 4.74 Å². The van der Waals surface area contributed by atoms with Gasteiger partial charge in [-0.2, -0.15) is 0 Å². The largest absolute Gasteiger partial charge is 0.380 e. The summed E-state index contributed by atoms with van der Waals surface area (Å²) in [5.41, 5.74) is 2.94. The van der Waals surface area contributed by atoms with Gasteiger partial charge in [0.05, 0.1) is 17.8 Å². The Bertz CT molecular complexity index is 1030. The van der Waals surface area contributed by atoms with Crippen LogP contribution in [0.25, 0.3) is 21.9 Å². The fourth-order valence-corrected chi connectivity index (χ4v) is 4.55. The van der Waals surface area contributed by atoms with Crippen LogP contribution in [0.4, 0.5) is 10.5 Å². The molecule has 29 heavy (non-hydrogen) atoms. The number of rotatable bonds is 2. The Labute approximate surface area is 169 Å². The Hall–Kier alpha value is -2.87. The number of pyridine rings is 2. The second-order valence-corrected chi connectivity index (χ2v) is 7.79. The average Bonchev–Trinajstić information content (AvgIpc) is 3.27. The summed E-state index contributed by atoms with van der Waals surface area (Å²) in [6.45, 7) is 4.59. The standard InChI is InChI=1S/C21H26N6O2/c1-29-15-3-2-8-27(14-15)21(28)26-11-9-25(10-12-26)18-5-7-22-17-13-24-20-16(19(17)18)4-6-23-20/h4-7,13,15,22H,2-3,8-12,14H2,1H3. The molecule has 0 aliphatic carbocycles. The maximum absolute atomic E-state index is 13.0. The molecule has 2 aliphatic heterocycles. The molecule has 1 N–H and O–H groups in total. The fraction of sp³-hybridized carbons (Fsp3) is 0.476. The van der Waals surface area contributed by atoms with Gasteiger partial charge in [0.25, 0.3) is 0 Å². The number of piperazine rings is 1. The first-order chi connectivity index (χ1) is 14.2. The van der Waals surface area contributed by atoms with Gasteiger partial charge in [0, 0.05) is 75.2 Å². The number of nitrogens with one attached hydrogen (secondary N) is 1. The smallest absolute Gasteiger partial charge is 0.320 e. The minimum atomic E-state index is 0.143. The van der Waals surface area contributed by atoms with E-state index >= 15 is 0 Å². The number of nitrogens with zero attached hydrogens (tertiary/aromatic N) is 5. The molecule has 8 heteroatoms. The molecule has 2 saturated heterocycles. The molecule has 1 unspecified atom stereocenters.